The molecule has 1 aliphatic rings. The number of anilines is 2. The summed E-state index contributed by atoms with van der Waals surface area (Å²) in [7, 11) is -0.970. The molecule has 3 rings (SSSR count). The highest BCUT2D eigenvalue weighted by atomic mass is 32.2. The Morgan fingerprint density at radius 2 is 1.76 bits per heavy atom. The Labute approximate surface area is 169 Å². The van der Waals surface area contributed by atoms with Crippen LogP contribution in [0.4, 0.5) is 20.2 Å². The van der Waals surface area contributed by atoms with Crippen LogP contribution in [0.25, 0.3) is 0 Å². The molecular formula is C20H23F2N3O3S. The molecule has 1 N–H and O–H groups in total. The summed E-state index contributed by atoms with van der Waals surface area (Å²) >= 11 is 0. The van der Waals surface area contributed by atoms with Crippen molar-refractivity contribution in [2.24, 2.45) is 0 Å². The number of rotatable bonds is 5. The number of sulfonamides is 1. The van der Waals surface area contributed by atoms with Gasteiger partial charge in [-0.1, -0.05) is 6.07 Å². The number of carbonyl (C=O) groups is 1. The molecule has 0 atom stereocenters. The van der Waals surface area contributed by atoms with Gasteiger partial charge in [0.1, 0.15) is 0 Å². The maximum Gasteiger partial charge on any atom is 0.257 e. The van der Waals surface area contributed by atoms with E-state index >= 15 is 0 Å². The van der Waals surface area contributed by atoms with Crippen molar-refractivity contribution in [1.82, 2.24) is 4.31 Å². The van der Waals surface area contributed by atoms with Crippen LogP contribution >= 0.6 is 0 Å². The first-order valence-electron chi connectivity index (χ1n) is 9.28. The third-order valence-electron chi connectivity index (χ3n) is 4.89. The van der Waals surface area contributed by atoms with E-state index in [1.165, 1.54) is 38.4 Å². The van der Waals surface area contributed by atoms with Gasteiger partial charge in [0.15, 0.2) is 11.6 Å². The van der Waals surface area contributed by atoms with Crippen molar-refractivity contribution in [2.45, 2.75) is 24.2 Å². The van der Waals surface area contributed by atoms with Crippen LogP contribution < -0.4 is 10.2 Å². The molecule has 0 spiro atoms. The summed E-state index contributed by atoms with van der Waals surface area (Å²) in [6, 6.07) is 7.82. The summed E-state index contributed by atoms with van der Waals surface area (Å²) in [4.78, 5) is 14.9. The van der Waals surface area contributed by atoms with Crippen molar-refractivity contribution < 1.29 is 22.0 Å². The third kappa shape index (κ3) is 4.40. The molecule has 0 saturated carbocycles. The van der Waals surface area contributed by atoms with Crippen LogP contribution in [0.15, 0.2) is 41.3 Å². The number of piperidine rings is 1. The van der Waals surface area contributed by atoms with Crippen molar-refractivity contribution in [3.8, 4) is 0 Å². The minimum absolute atomic E-state index is 0.0480. The second-order valence-electron chi connectivity index (χ2n) is 7.07. The zero-order chi connectivity index (χ0) is 21.2. The van der Waals surface area contributed by atoms with E-state index in [1.807, 2.05) is 4.90 Å². The van der Waals surface area contributed by atoms with E-state index in [9.17, 15) is 22.0 Å². The monoisotopic (exact) mass is 423 g/mol. The van der Waals surface area contributed by atoms with Gasteiger partial charge in [0.25, 0.3) is 5.91 Å². The summed E-state index contributed by atoms with van der Waals surface area (Å²) in [5, 5.41) is 2.37. The maximum atomic E-state index is 14.0. The molecule has 0 aliphatic carbocycles. The predicted molar refractivity (Wildman–Crippen MR) is 108 cm³/mol. The Kier molecular flexibility index (Phi) is 6.18. The zero-order valence-corrected chi connectivity index (χ0v) is 17.1. The number of hydrogen-bond acceptors (Lipinski definition) is 4. The van der Waals surface area contributed by atoms with Crippen LogP contribution in [-0.4, -0.2) is 45.8 Å². The van der Waals surface area contributed by atoms with Crippen molar-refractivity contribution in [1.29, 1.82) is 0 Å². The molecule has 0 radical (unpaired) electrons. The number of nitrogens with zero attached hydrogens (tertiary/aromatic N) is 2. The fourth-order valence-electron chi connectivity index (χ4n) is 3.27. The van der Waals surface area contributed by atoms with E-state index in [0.717, 1.165) is 42.7 Å². The average Bonchev–Trinajstić information content (AvgIpc) is 2.71. The molecule has 1 fully saturated rings. The summed E-state index contributed by atoms with van der Waals surface area (Å²) in [5.74, 6) is -2.95. The number of halogens is 2. The molecule has 6 nitrogen and oxygen atoms in total. The fraction of sp³-hybridized carbons (Fsp3) is 0.350. The lowest BCUT2D eigenvalue weighted by Crippen LogP contribution is -2.32. The molecule has 1 aliphatic heterocycles. The van der Waals surface area contributed by atoms with Gasteiger partial charge in [0, 0.05) is 32.9 Å². The highest BCUT2D eigenvalue weighted by Crippen LogP contribution is 2.29. The lowest BCUT2D eigenvalue weighted by Gasteiger charge is -2.30. The Hall–Kier alpha value is -2.52. The van der Waals surface area contributed by atoms with E-state index in [2.05, 4.69) is 5.32 Å². The predicted octanol–water partition coefficient (Wildman–Crippen LogP) is 3.46. The second-order valence-corrected chi connectivity index (χ2v) is 9.22. The second kappa shape index (κ2) is 8.46. The van der Waals surface area contributed by atoms with Gasteiger partial charge in [-0.3, -0.25) is 4.79 Å². The van der Waals surface area contributed by atoms with Gasteiger partial charge in [-0.05, 0) is 49.6 Å². The molecule has 0 unspecified atom stereocenters. The van der Waals surface area contributed by atoms with Gasteiger partial charge in [-0.25, -0.2) is 21.5 Å². The Morgan fingerprint density at radius 1 is 1.07 bits per heavy atom. The molecule has 29 heavy (non-hydrogen) atoms. The first-order chi connectivity index (χ1) is 13.7. The van der Waals surface area contributed by atoms with Gasteiger partial charge >= 0.3 is 0 Å². The lowest BCUT2D eigenvalue weighted by molar-refractivity contribution is 0.102. The highest BCUT2D eigenvalue weighted by molar-refractivity contribution is 7.89. The van der Waals surface area contributed by atoms with Crippen molar-refractivity contribution in [3.05, 3.63) is 53.6 Å². The van der Waals surface area contributed by atoms with E-state index in [-0.39, 0.29) is 16.1 Å². The maximum absolute atomic E-state index is 14.0. The zero-order valence-electron chi connectivity index (χ0n) is 16.3. The molecule has 9 heteroatoms. The molecule has 1 heterocycles. The number of hydrogen-bond donors (Lipinski definition) is 1. The largest absolute Gasteiger partial charge is 0.371 e. The SMILES string of the molecule is CN(C)S(=O)(=O)c1ccc(N2CCCCC2)c(C(=O)Nc2cccc(F)c2F)c1. The molecule has 156 valence electrons. The van der Waals surface area contributed by atoms with Gasteiger partial charge in [0.05, 0.1) is 16.1 Å². The summed E-state index contributed by atoms with van der Waals surface area (Å²) < 4.78 is 53.6. The van der Waals surface area contributed by atoms with Crippen LogP contribution in [0.1, 0.15) is 29.6 Å². The van der Waals surface area contributed by atoms with E-state index in [1.54, 1.807) is 6.07 Å². The van der Waals surface area contributed by atoms with Crippen molar-refractivity contribution >= 4 is 27.3 Å². The normalized spacial score (nSPS) is 14.9. The van der Waals surface area contributed by atoms with Crippen LogP contribution in [0, 0.1) is 11.6 Å². The fourth-order valence-corrected chi connectivity index (χ4v) is 4.20. The molecule has 2 aromatic carbocycles. The lowest BCUT2D eigenvalue weighted by atomic mass is 10.1. The van der Waals surface area contributed by atoms with Gasteiger partial charge in [-0.2, -0.15) is 0 Å². The molecule has 2 aromatic rings. The van der Waals surface area contributed by atoms with Gasteiger partial charge in [0.2, 0.25) is 10.0 Å². The van der Waals surface area contributed by atoms with Crippen LogP contribution in [0.5, 0.6) is 0 Å². The van der Waals surface area contributed by atoms with Crippen molar-refractivity contribution in [3.63, 3.8) is 0 Å². The molecule has 0 bridgehead atoms. The standard InChI is InChI=1S/C20H23F2N3O3S/c1-24(2)29(27,28)14-9-10-18(25-11-4-3-5-12-25)15(13-14)20(26)23-17-8-6-7-16(21)19(17)22/h6-10,13H,3-5,11-12H2,1-2H3,(H,23,26). The number of amides is 1. The van der Waals surface area contributed by atoms with Gasteiger partial charge < -0.3 is 10.2 Å². The number of benzene rings is 2. The average molecular weight is 423 g/mol. The summed E-state index contributed by atoms with van der Waals surface area (Å²) in [6.07, 6.45) is 2.99. The summed E-state index contributed by atoms with van der Waals surface area (Å²) in [6.45, 7) is 1.46. The van der Waals surface area contributed by atoms with Crippen LogP contribution in [-0.2, 0) is 10.0 Å². The van der Waals surface area contributed by atoms with Crippen LogP contribution in [0.2, 0.25) is 0 Å². The summed E-state index contributed by atoms with van der Waals surface area (Å²) in [5.41, 5.74) is 0.357. The molecule has 0 aromatic heterocycles. The first kappa shape index (κ1) is 21.2. The minimum Gasteiger partial charge on any atom is -0.371 e. The quantitative estimate of drug-likeness (QED) is 0.800. The van der Waals surface area contributed by atoms with Crippen LogP contribution in [0.3, 0.4) is 0 Å². The smallest absolute Gasteiger partial charge is 0.257 e. The van der Waals surface area contributed by atoms with E-state index in [0.29, 0.717) is 5.69 Å². The van der Waals surface area contributed by atoms with Gasteiger partial charge in [-0.15, -0.1) is 0 Å². The topological polar surface area (TPSA) is 69.7 Å². The molecule has 1 amide bonds. The third-order valence-corrected chi connectivity index (χ3v) is 6.70. The number of nitrogens with one attached hydrogen (secondary N) is 1. The highest BCUT2D eigenvalue weighted by Gasteiger charge is 2.25. The Balaban J connectivity index is 2.04. The van der Waals surface area contributed by atoms with Crippen molar-refractivity contribution in [2.75, 3.05) is 37.4 Å². The Morgan fingerprint density at radius 3 is 2.41 bits per heavy atom. The first-order valence-corrected chi connectivity index (χ1v) is 10.7. The molecule has 1 saturated heterocycles. The van der Waals surface area contributed by atoms with E-state index < -0.39 is 27.6 Å². The van der Waals surface area contributed by atoms with E-state index in [4.69, 9.17) is 0 Å². The number of carbonyl (C=O) groups excluding carboxylic acids is 1. The minimum atomic E-state index is -3.77. The molecular weight excluding hydrogens is 400 g/mol. The Bertz CT molecular complexity index is 1020.